The molecule has 2 atom stereocenters. The van der Waals surface area contributed by atoms with Gasteiger partial charge in [0.1, 0.15) is 23.7 Å². The zero-order valence-electron chi connectivity index (χ0n) is 25.8. The molecule has 1 heterocycles. The van der Waals surface area contributed by atoms with Gasteiger partial charge in [-0.1, -0.05) is 42.5 Å². The van der Waals surface area contributed by atoms with Crippen LogP contribution in [-0.4, -0.2) is 61.7 Å². The molecular formula is C33H37FN4O7S. The van der Waals surface area contributed by atoms with Crippen LogP contribution in [-0.2, 0) is 37.5 Å². The summed E-state index contributed by atoms with van der Waals surface area (Å²) in [7, 11) is -3.81. The number of carbonyl (C=O) groups is 4. The van der Waals surface area contributed by atoms with Crippen LogP contribution in [0.1, 0.15) is 51.9 Å². The summed E-state index contributed by atoms with van der Waals surface area (Å²) in [4.78, 5) is 54.6. The van der Waals surface area contributed by atoms with Crippen LogP contribution in [0, 0.1) is 19.7 Å². The number of carbonyl (C=O) groups excluding carboxylic acids is 4. The number of aryl methyl sites for hydroxylation is 1. The molecule has 0 bridgehead atoms. The quantitative estimate of drug-likeness (QED) is 0.198. The van der Waals surface area contributed by atoms with Crippen molar-refractivity contribution in [1.29, 1.82) is 0 Å². The standard InChI is InChI=1S/C33H37FN4O7S/c1-20-9-12-26(31(34)21(20)2)36-32(41)27(15-16-35)37-33(42)28-18-23-10-11-25(45-46(3,43)44)17-24(23)19-38(28)30(40)14-13-29(39)22-7-5-4-6-8-22/h4-12,17,27-28H,13-16,18-19,35H2,1-3H3,(H,36,41)(H,37,42)/t27-,28-/m0/s1. The predicted octanol–water partition coefficient (Wildman–Crippen LogP) is 3.17. The first-order valence-corrected chi connectivity index (χ1v) is 16.5. The molecule has 1 aliphatic heterocycles. The van der Waals surface area contributed by atoms with Crippen molar-refractivity contribution in [2.45, 2.75) is 58.2 Å². The lowest BCUT2D eigenvalue weighted by atomic mass is 9.92. The molecule has 4 rings (SSSR count). The van der Waals surface area contributed by atoms with Gasteiger partial charge in [-0.15, -0.1) is 0 Å². The highest BCUT2D eigenvalue weighted by molar-refractivity contribution is 7.86. The number of amides is 3. The van der Waals surface area contributed by atoms with Gasteiger partial charge < -0.3 is 25.5 Å². The monoisotopic (exact) mass is 652 g/mol. The van der Waals surface area contributed by atoms with E-state index in [2.05, 4.69) is 10.6 Å². The Hall–Kier alpha value is -4.62. The van der Waals surface area contributed by atoms with E-state index in [9.17, 15) is 32.0 Å². The van der Waals surface area contributed by atoms with Crippen LogP contribution in [0.4, 0.5) is 10.1 Å². The summed E-state index contributed by atoms with van der Waals surface area (Å²) in [5.41, 5.74) is 8.48. The molecule has 3 aromatic carbocycles. The lowest BCUT2D eigenvalue weighted by Gasteiger charge is -2.37. The molecule has 0 saturated carbocycles. The minimum absolute atomic E-state index is 0.0363. The Bertz CT molecular complexity index is 1750. The molecule has 244 valence electrons. The van der Waals surface area contributed by atoms with E-state index in [0.717, 1.165) is 6.26 Å². The van der Waals surface area contributed by atoms with Crippen LogP contribution < -0.4 is 20.6 Å². The van der Waals surface area contributed by atoms with Crippen molar-refractivity contribution in [2.75, 3.05) is 18.1 Å². The molecule has 4 N–H and O–H groups in total. The second kappa shape index (κ2) is 14.6. The topological polar surface area (TPSA) is 165 Å². The number of hydrogen-bond donors (Lipinski definition) is 3. The molecule has 0 aliphatic carbocycles. The second-order valence-electron chi connectivity index (χ2n) is 11.2. The maximum absolute atomic E-state index is 14.8. The van der Waals surface area contributed by atoms with E-state index in [4.69, 9.17) is 9.92 Å². The van der Waals surface area contributed by atoms with Gasteiger partial charge in [-0.3, -0.25) is 19.2 Å². The summed E-state index contributed by atoms with van der Waals surface area (Å²) in [6.07, 6.45) is 0.706. The molecule has 13 heteroatoms. The predicted molar refractivity (Wildman–Crippen MR) is 170 cm³/mol. The highest BCUT2D eigenvalue weighted by Crippen LogP contribution is 2.29. The van der Waals surface area contributed by atoms with Gasteiger partial charge in [0.15, 0.2) is 5.78 Å². The fourth-order valence-electron chi connectivity index (χ4n) is 5.22. The second-order valence-corrected chi connectivity index (χ2v) is 12.8. The number of nitrogens with one attached hydrogen (secondary N) is 2. The summed E-state index contributed by atoms with van der Waals surface area (Å²) >= 11 is 0. The fourth-order valence-corrected chi connectivity index (χ4v) is 5.67. The molecule has 46 heavy (non-hydrogen) atoms. The van der Waals surface area contributed by atoms with Crippen molar-refractivity contribution in [1.82, 2.24) is 10.2 Å². The Morgan fingerprint density at radius 3 is 2.41 bits per heavy atom. The SMILES string of the molecule is Cc1ccc(NC(=O)[C@H](CCN)NC(=O)[C@@H]2Cc3ccc(OS(C)(=O)=O)cc3CN2C(=O)CCC(=O)c2ccccc2)c(F)c1C. The normalized spacial score (nSPS) is 15.0. The number of benzene rings is 3. The first-order chi connectivity index (χ1) is 21.8. The zero-order valence-corrected chi connectivity index (χ0v) is 26.7. The van der Waals surface area contributed by atoms with Gasteiger partial charge >= 0.3 is 10.1 Å². The number of nitrogens with two attached hydrogens (primary N) is 1. The first-order valence-electron chi connectivity index (χ1n) is 14.7. The Kier molecular flexibility index (Phi) is 10.9. The van der Waals surface area contributed by atoms with Crippen molar-refractivity contribution in [3.63, 3.8) is 0 Å². The number of anilines is 1. The molecule has 0 radical (unpaired) electrons. The van der Waals surface area contributed by atoms with Crippen LogP contribution in [0.2, 0.25) is 0 Å². The van der Waals surface area contributed by atoms with Gasteiger partial charge in [-0.2, -0.15) is 8.42 Å². The Morgan fingerprint density at radius 1 is 1.02 bits per heavy atom. The summed E-state index contributed by atoms with van der Waals surface area (Å²) in [6, 6.07) is 14.0. The van der Waals surface area contributed by atoms with Gasteiger partial charge in [-0.25, -0.2) is 4.39 Å². The average molecular weight is 653 g/mol. The lowest BCUT2D eigenvalue weighted by molar-refractivity contribution is -0.142. The van der Waals surface area contributed by atoms with Crippen molar-refractivity contribution in [3.8, 4) is 5.75 Å². The molecule has 0 fully saturated rings. The fraction of sp³-hybridized carbons (Fsp3) is 0.333. The van der Waals surface area contributed by atoms with E-state index in [-0.39, 0.29) is 56.0 Å². The molecule has 0 spiro atoms. The van der Waals surface area contributed by atoms with Gasteiger partial charge in [0.25, 0.3) is 0 Å². The third-order valence-corrected chi connectivity index (χ3v) is 8.34. The van der Waals surface area contributed by atoms with Crippen LogP contribution in [0.25, 0.3) is 0 Å². The Morgan fingerprint density at radius 2 is 1.74 bits per heavy atom. The third-order valence-electron chi connectivity index (χ3n) is 7.84. The van der Waals surface area contributed by atoms with E-state index < -0.39 is 45.7 Å². The molecule has 3 aromatic rings. The van der Waals surface area contributed by atoms with Crippen molar-refractivity contribution in [3.05, 3.63) is 94.3 Å². The van der Waals surface area contributed by atoms with E-state index in [1.807, 2.05) is 0 Å². The number of nitrogens with zero attached hydrogens (tertiary/aromatic N) is 1. The average Bonchev–Trinajstić information content (AvgIpc) is 3.02. The third kappa shape index (κ3) is 8.55. The highest BCUT2D eigenvalue weighted by Gasteiger charge is 2.36. The van der Waals surface area contributed by atoms with Crippen LogP contribution >= 0.6 is 0 Å². The van der Waals surface area contributed by atoms with E-state index in [1.54, 1.807) is 56.3 Å². The Labute approximate surface area is 267 Å². The van der Waals surface area contributed by atoms with Gasteiger partial charge in [0.05, 0.1) is 11.9 Å². The van der Waals surface area contributed by atoms with Gasteiger partial charge in [0.2, 0.25) is 17.7 Å². The number of halogens is 1. The van der Waals surface area contributed by atoms with E-state index >= 15 is 0 Å². The largest absolute Gasteiger partial charge is 0.383 e. The Balaban J connectivity index is 1.57. The van der Waals surface area contributed by atoms with Crippen molar-refractivity contribution >= 4 is 39.3 Å². The van der Waals surface area contributed by atoms with Crippen LogP contribution in [0.5, 0.6) is 5.75 Å². The molecule has 3 amide bonds. The summed E-state index contributed by atoms with van der Waals surface area (Å²) < 4.78 is 43.2. The maximum Gasteiger partial charge on any atom is 0.306 e. The van der Waals surface area contributed by atoms with E-state index in [0.29, 0.717) is 27.8 Å². The molecule has 11 nitrogen and oxygen atoms in total. The molecule has 0 unspecified atom stereocenters. The molecule has 0 saturated heterocycles. The maximum atomic E-state index is 14.8. The summed E-state index contributed by atoms with van der Waals surface area (Å²) in [5, 5.41) is 5.21. The molecule has 1 aliphatic rings. The summed E-state index contributed by atoms with van der Waals surface area (Å²) in [5.74, 6) is -2.58. The number of fused-ring (bicyclic) bond motifs is 1. The smallest absolute Gasteiger partial charge is 0.306 e. The van der Waals surface area contributed by atoms with Gasteiger partial charge in [-0.05, 0) is 67.3 Å². The first kappa shape index (κ1) is 34.3. The number of Topliss-reactive ketones (excluding diaryl/α,β-unsaturated/α-hetero) is 1. The van der Waals surface area contributed by atoms with Crippen molar-refractivity contribution < 1.29 is 36.2 Å². The van der Waals surface area contributed by atoms with E-state index in [1.165, 1.54) is 23.1 Å². The zero-order chi connectivity index (χ0) is 33.6. The van der Waals surface area contributed by atoms with Gasteiger partial charge in [0, 0.05) is 31.4 Å². The van der Waals surface area contributed by atoms with Crippen molar-refractivity contribution in [2.24, 2.45) is 5.73 Å². The number of ketones is 1. The number of hydrogen-bond acceptors (Lipinski definition) is 8. The minimum atomic E-state index is -3.81. The lowest BCUT2D eigenvalue weighted by Crippen LogP contribution is -2.56. The van der Waals surface area contributed by atoms with Crippen LogP contribution in [0.3, 0.4) is 0 Å². The summed E-state index contributed by atoms with van der Waals surface area (Å²) in [6.45, 7) is 3.30. The molecular weight excluding hydrogens is 615 g/mol. The van der Waals surface area contributed by atoms with Crippen LogP contribution in [0.15, 0.2) is 60.7 Å². The highest BCUT2D eigenvalue weighted by atomic mass is 32.2. The minimum Gasteiger partial charge on any atom is -0.383 e. The molecule has 0 aromatic heterocycles. The number of rotatable bonds is 12.